The molecule has 1 atom stereocenters. The van der Waals surface area contributed by atoms with Crippen molar-refractivity contribution < 1.29 is 18.3 Å². The van der Waals surface area contributed by atoms with Gasteiger partial charge >= 0.3 is 0 Å². The van der Waals surface area contributed by atoms with E-state index >= 15 is 4.39 Å². The van der Waals surface area contributed by atoms with Crippen LogP contribution in [0.15, 0.2) is 78.0 Å². The number of aliphatic imine (C=N–C) groups is 1. The standard InChI is InChI=1S/C29H25F2N7O2/c1-17(28(37(2)19-10-5-4-6-11-19)35-21-12-8-7-9-18(21)15-39)38-29-23(27(32)33-16-34-29)26(36-38)20-13-14-22(40-3)25(31)24(20)30/h4-17H,1-3H3,(H2,32,33,34)/t17-/m0/s1. The Morgan fingerprint density at radius 2 is 1.77 bits per heavy atom. The Labute approximate surface area is 228 Å². The lowest BCUT2D eigenvalue weighted by Crippen LogP contribution is -2.34. The number of carbonyl (C=O) groups is 1. The number of carbonyl (C=O) groups excluding carboxylic acids is 1. The molecule has 5 aromatic rings. The molecule has 0 bridgehead atoms. The summed E-state index contributed by atoms with van der Waals surface area (Å²) >= 11 is 0. The second-order valence-corrected chi connectivity index (χ2v) is 8.91. The van der Waals surface area contributed by atoms with Crippen LogP contribution in [0.25, 0.3) is 22.3 Å². The van der Waals surface area contributed by atoms with Gasteiger partial charge < -0.3 is 15.4 Å². The summed E-state index contributed by atoms with van der Waals surface area (Å²) in [6, 6.07) is 18.5. The number of nitrogens with two attached hydrogens (primary N) is 1. The molecule has 5 rings (SSSR count). The average molecular weight is 542 g/mol. The van der Waals surface area contributed by atoms with Crippen LogP contribution in [0.2, 0.25) is 0 Å². The van der Waals surface area contributed by atoms with E-state index < -0.39 is 17.7 Å². The van der Waals surface area contributed by atoms with Crippen LogP contribution in [0.1, 0.15) is 23.3 Å². The first-order chi connectivity index (χ1) is 19.3. The number of amidine groups is 1. The van der Waals surface area contributed by atoms with Crippen molar-refractivity contribution in [2.75, 3.05) is 24.8 Å². The first-order valence-electron chi connectivity index (χ1n) is 12.3. The quantitative estimate of drug-likeness (QED) is 0.162. The predicted octanol–water partition coefficient (Wildman–Crippen LogP) is 5.60. The Morgan fingerprint density at radius 3 is 2.50 bits per heavy atom. The van der Waals surface area contributed by atoms with Gasteiger partial charge in [0.05, 0.1) is 18.2 Å². The highest BCUT2D eigenvalue weighted by Crippen LogP contribution is 2.36. The van der Waals surface area contributed by atoms with Gasteiger partial charge in [-0.25, -0.2) is 24.0 Å². The highest BCUT2D eigenvalue weighted by atomic mass is 19.2. The highest BCUT2D eigenvalue weighted by Gasteiger charge is 2.28. The van der Waals surface area contributed by atoms with Crippen molar-refractivity contribution in [3.63, 3.8) is 0 Å². The summed E-state index contributed by atoms with van der Waals surface area (Å²) in [6.45, 7) is 1.83. The van der Waals surface area contributed by atoms with E-state index in [0.29, 0.717) is 22.7 Å². The lowest BCUT2D eigenvalue weighted by Gasteiger charge is -2.26. The monoisotopic (exact) mass is 541 g/mol. The highest BCUT2D eigenvalue weighted by molar-refractivity contribution is 6.04. The summed E-state index contributed by atoms with van der Waals surface area (Å²) in [5.41, 5.74) is 8.13. The topological polar surface area (TPSA) is 112 Å². The minimum atomic E-state index is -1.15. The van der Waals surface area contributed by atoms with Crippen LogP contribution in [0.5, 0.6) is 5.75 Å². The molecule has 202 valence electrons. The number of hydrogen-bond donors (Lipinski definition) is 1. The van der Waals surface area contributed by atoms with Crippen LogP contribution >= 0.6 is 0 Å². The maximum Gasteiger partial charge on any atom is 0.201 e. The van der Waals surface area contributed by atoms with E-state index in [0.717, 1.165) is 12.0 Å². The molecular formula is C29H25F2N7O2. The van der Waals surface area contributed by atoms with Crippen LogP contribution in [-0.4, -0.2) is 46.0 Å². The molecule has 3 aromatic carbocycles. The number of anilines is 2. The lowest BCUT2D eigenvalue weighted by molar-refractivity contribution is 0.112. The van der Waals surface area contributed by atoms with Gasteiger partial charge in [0.15, 0.2) is 23.5 Å². The van der Waals surface area contributed by atoms with Gasteiger partial charge in [-0.2, -0.15) is 9.49 Å². The van der Waals surface area contributed by atoms with E-state index in [1.807, 2.05) is 49.2 Å². The van der Waals surface area contributed by atoms with Gasteiger partial charge in [-0.3, -0.25) is 4.79 Å². The molecular weight excluding hydrogens is 516 g/mol. The smallest absolute Gasteiger partial charge is 0.201 e. The van der Waals surface area contributed by atoms with Gasteiger partial charge in [0, 0.05) is 23.9 Å². The molecule has 11 heteroatoms. The first-order valence-corrected chi connectivity index (χ1v) is 12.3. The summed E-state index contributed by atoms with van der Waals surface area (Å²) < 4.78 is 36.4. The average Bonchev–Trinajstić information content (AvgIpc) is 3.38. The van der Waals surface area contributed by atoms with Crippen LogP contribution in [-0.2, 0) is 0 Å². The Hall–Kier alpha value is -5.19. The van der Waals surface area contributed by atoms with Gasteiger partial charge in [-0.15, -0.1) is 0 Å². The third-order valence-electron chi connectivity index (χ3n) is 6.57. The van der Waals surface area contributed by atoms with Gasteiger partial charge in [0.2, 0.25) is 5.82 Å². The fourth-order valence-corrected chi connectivity index (χ4v) is 4.48. The van der Waals surface area contributed by atoms with Crippen molar-refractivity contribution in [1.29, 1.82) is 0 Å². The minimum absolute atomic E-state index is 0.0512. The molecule has 9 nitrogen and oxygen atoms in total. The number of aldehydes is 1. The Bertz CT molecular complexity index is 1740. The number of methoxy groups -OCH3 is 1. The summed E-state index contributed by atoms with van der Waals surface area (Å²) in [5.74, 6) is -1.99. The molecule has 2 heterocycles. The normalized spacial score (nSPS) is 12.4. The molecule has 0 amide bonds. The molecule has 0 radical (unpaired) electrons. The molecule has 0 unspecified atom stereocenters. The largest absolute Gasteiger partial charge is 0.494 e. The lowest BCUT2D eigenvalue weighted by atomic mass is 10.1. The Kier molecular flexibility index (Phi) is 7.19. The van der Waals surface area contributed by atoms with E-state index in [1.54, 1.807) is 24.3 Å². The Morgan fingerprint density at radius 1 is 1.05 bits per heavy atom. The molecule has 2 aromatic heterocycles. The summed E-state index contributed by atoms with van der Waals surface area (Å²) in [6.07, 6.45) is 2.01. The van der Waals surface area contributed by atoms with Crippen LogP contribution in [0.4, 0.5) is 26.0 Å². The molecule has 0 saturated carbocycles. The fourth-order valence-electron chi connectivity index (χ4n) is 4.48. The molecule has 0 aliphatic heterocycles. The van der Waals surface area contributed by atoms with Crippen molar-refractivity contribution in [2.45, 2.75) is 13.0 Å². The fraction of sp³-hybridized carbons (Fsp3) is 0.138. The molecule has 2 N–H and O–H groups in total. The predicted molar refractivity (Wildman–Crippen MR) is 150 cm³/mol. The molecule has 0 aliphatic carbocycles. The third kappa shape index (κ3) is 4.62. The van der Waals surface area contributed by atoms with E-state index in [1.165, 1.54) is 30.3 Å². The Balaban J connectivity index is 1.74. The maximum absolute atomic E-state index is 15.2. The zero-order chi connectivity index (χ0) is 28.4. The zero-order valence-electron chi connectivity index (χ0n) is 21.9. The maximum atomic E-state index is 15.2. The second kappa shape index (κ2) is 10.9. The molecule has 0 saturated heterocycles. The van der Waals surface area contributed by atoms with E-state index in [2.05, 4.69) is 15.1 Å². The van der Waals surface area contributed by atoms with Crippen LogP contribution < -0.4 is 15.4 Å². The molecule has 40 heavy (non-hydrogen) atoms. The van der Waals surface area contributed by atoms with Gasteiger partial charge in [-0.1, -0.05) is 30.3 Å². The number of para-hydroxylation sites is 2. The van der Waals surface area contributed by atoms with Gasteiger partial charge in [0.25, 0.3) is 0 Å². The summed E-state index contributed by atoms with van der Waals surface area (Å²) in [7, 11) is 3.09. The van der Waals surface area contributed by atoms with Crippen molar-refractivity contribution in [3.8, 4) is 17.0 Å². The number of fused-ring (bicyclic) bond motifs is 1. The first kappa shape index (κ1) is 26.4. The van der Waals surface area contributed by atoms with E-state index in [-0.39, 0.29) is 28.2 Å². The number of ether oxygens (including phenoxy) is 1. The summed E-state index contributed by atoms with van der Waals surface area (Å²) in [4.78, 5) is 26.9. The SMILES string of the molecule is COc1ccc(-c2nn([C@@H](C)C(=Nc3ccccc3C=O)N(C)c3ccccc3)c3ncnc(N)c23)c(F)c1F. The van der Waals surface area contributed by atoms with Crippen LogP contribution in [0.3, 0.4) is 0 Å². The number of rotatable bonds is 7. The number of benzene rings is 3. The number of likely N-dealkylation sites (N-methyl/N-ethyl adjacent to an activating group) is 1. The molecule has 0 aliphatic rings. The van der Waals surface area contributed by atoms with E-state index in [9.17, 15) is 9.18 Å². The van der Waals surface area contributed by atoms with Crippen molar-refractivity contribution in [1.82, 2.24) is 19.7 Å². The van der Waals surface area contributed by atoms with Crippen molar-refractivity contribution >= 4 is 40.3 Å². The number of nitrogen functional groups attached to an aromatic ring is 1. The van der Waals surface area contributed by atoms with Crippen molar-refractivity contribution in [2.24, 2.45) is 4.99 Å². The van der Waals surface area contributed by atoms with E-state index in [4.69, 9.17) is 15.5 Å². The third-order valence-corrected chi connectivity index (χ3v) is 6.57. The van der Waals surface area contributed by atoms with Crippen LogP contribution in [0, 0.1) is 11.6 Å². The molecule has 0 spiro atoms. The number of hydrogen-bond acceptors (Lipinski definition) is 7. The number of nitrogens with zero attached hydrogens (tertiary/aromatic N) is 6. The zero-order valence-corrected chi connectivity index (χ0v) is 21.9. The minimum Gasteiger partial charge on any atom is -0.494 e. The van der Waals surface area contributed by atoms with Crippen molar-refractivity contribution in [3.05, 3.63) is 90.3 Å². The summed E-state index contributed by atoms with van der Waals surface area (Å²) in [5, 5.41) is 4.93. The number of halogens is 2. The molecule has 0 fully saturated rings. The second-order valence-electron chi connectivity index (χ2n) is 8.91. The number of aromatic nitrogens is 4. The van der Waals surface area contributed by atoms with Gasteiger partial charge in [-0.05, 0) is 43.3 Å². The van der Waals surface area contributed by atoms with Gasteiger partial charge in [0.1, 0.15) is 29.7 Å².